The Kier molecular flexibility index (Phi) is 3.09. The zero-order valence-corrected chi connectivity index (χ0v) is 13.9. The van der Waals surface area contributed by atoms with Crippen molar-refractivity contribution in [2.75, 3.05) is 11.9 Å². The van der Waals surface area contributed by atoms with Crippen LogP contribution in [0.1, 0.15) is 11.1 Å². The van der Waals surface area contributed by atoms with Gasteiger partial charge in [-0.25, -0.2) is 0 Å². The smallest absolute Gasteiger partial charge is 0.250 e. The number of anilines is 1. The van der Waals surface area contributed by atoms with E-state index in [0.29, 0.717) is 12.2 Å². The molecule has 3 aliphatic rings. The lowest BCUT2D eigenvalue weighted by Crippen LogP contribution is -2.51. The van der Waals surface area contributed by atoms with Gasteiger partial charge in [0.25, 0.3) is 0 Å². The normalized spacial score (nSPS) is 29.2. The van der Waals surface area contributed by atoms with Crippen LogP contribution in [0.3, 0.4) is 0 Å². The van der Waals surface area contributed by atoms with Crippen LogP contribution in [-0.2, 0) is 26.5 Å². The molecule has 0 unspecified atom stereocenters. The monoisotopic (exact) mass is 347 g/mol. The molecule has 3 aliphatic heterocycles. The minimum atomic E-state index is -1.15. The van der Waals surface area contributed by atoms with Crippen LogP contribution in [0.4, 0.5) is 5.69 Å². The number of likely N-dealkylation sites (tertiary alicyclic amines) is 1. The van der Waals surface area contributed by atoms with E-state index in [1.165, 1.54) is 4.90 Å². The number of hydrogen-bond donors (Lipinski definition) is 2. The highest BCUT2D eigenvalue weighted by molar-refractivity contribution is 6.14. The third-order valence-electron chi connectivity index (χ3n) is 5.73. The van der Waals surface area contributed by atoms with Crippen molar-refractivity contribution in [2.24, 2.45) is 11.8 Å². The lowest BCUT2D eigenvalue weighted by Gasteiger charge is -2.28. The molecule has 2 aromatic rings. The molecule has 2 aromatic carbocycles. The van der Waals surface area contributed by atoms with E-state index >= 15 is 0 Å². The number of benzene rings is 2. The Morgan fingerprint density at radius 3 is 2.50 bits per heavy atom. The maximum Gasteiger partial charge on any atom is 0.250 e. The maximum absolute atomic E-state index is 13.2. The van der Waals surface area contributed by atoms with Gasteiger partial charge in [-0.2, -0.15) is 0 Å². The number of para-hydroxylation sites is 1. The van der Waals surface area contributed by atoms with Crippen molar-refractivity contribution >= 4 is 23.4 Å². The van der Waals surface area contributed by atoms with Gasteiger partial charge >= 0.3 is 0 Å². The molecule has 3 heterocycles. The number of nitrogens with zero attached hydrogens (tertiary/aromatic N) is 1. The quantitative estimate of drug-likeness (QED) is 0.801. The van der Waals surface area contributed by atoms with Crippen LogP contribution in [0.2, 0.25) is 0 Å². The molecule has 0 aromatic heterocycles. The highest BCUT2D eigenvalue weighted by atomic mass is 16.2. The van der Waals surface area contributed by atoms with E-state index in [2.05, 4.69) is 10.6 Å². The van der Waals surface area contributed by atoms with Gasteiger partial charge in [-0.1, -0.05) is 48.5 Å². The van der Waals surface area contributed by atoms with Gasteiger partial charge in [0, 0.05) is 17.8 Å². The van der Waals surface area contributed by atoms with E-state index in [1.807, 2.05) is 54.6 Å². The van der Waals surface area contributed by atoms with Crippen LogP contribution in [-0.4, -0.2) is 29.2 Å². The van der Waals surface area contributed by atoms with Crippen molar-refractivity contribution in [3.05, 3.63) is 65.7 Å². The predicted octanol–water partition coefficient (Wildman–Crippen LogP) is 1.24. The highest BCUT2D eigenvalue weighted by Crippen LogP contribution is 2.50. The van der Waals surface area contributed by atoms with Crippen molar-refractivity contribution in [2.45, 2.75) is 12.1 Å². The first-order valence-corrected chi connectivity index (χ1v) is 8.68. The molecule has 3 atom stereocenters. The molecule has 5 rings (SSSR count). The van der Waals surface area contributed by atoms with Crippen LogP contribution in [0, 0.1) is 11.8 Å². The van der Waals surface area contributed by atoms with Gasteiger partial charge in [0.1, 0.15) is 5.54 Å². The number of amides is 3. The maximum atomic E-state index is 13.2. The summed E-state index contributed by atoms with van der Waals surface area (Å²) in [6.07, 6.45) is 0. The lowest BCUT2D eigenvalue weighted by molar-refractivity contribution is -0.143. The number of hydrogen-bond acceptors (Lipinski definition) is 4. The van der Waals surface area contributed by atoms with Crippen LogP contribution >= 0.6 is 0 Å². The van der Waals surface area contributed by atoms with Gasteiger partial charge in [-0.05, 0) is 11.6 Å². The van der Waals surface area contributed by atoms with E-state index in [4.69, 9.17) is 0 Å². The van der Waals surface area contributed by atoms with Gasteiger partial charge in [0.2, 0.25) is 17.7 Å². The van der Waals surface area contributed by atoms with E-state index < -0.39 is 17.4 Å². The highest BCUT2D eigenvalue weighted by Gasteiger charge is 2.67. The second-order valence-corrected chi connectivity index (χ2v) is 7.02. The third-order valence-corrected chi connectivity index (χ3v) is 5.73. The summed E-state index contributed by atoms with van der Waals surface area (Å²) >= 11 is 0. The summed E-state index contributed by atoms with van der Waals surface area (Å²) in [6, 6.07) is 16.8. The standard InChI is InChI=1S/C20H17N3O3/c24-17-13-10-21-20(14-8-4-5-9-15(14)22-19(20)26)16(13)18(25)23(17)11-12-6-2-1-3-7-12/h1-9,13,16,21H,10-11H2,(H,22,26)/t13-,16-,20-/m0/s1. The summed E-state index contributed by atoms with van der Waals surface area (Å²) in [7, 11) is 0. The molecule has 0 saturated carbocycles. The van der Waals surface area contributed by atoms with Crippen molar-refractivity contribution in [3.8, 4) is 0 Å². The number of imide groups is 1. The molecule has 3 amide bonds. The Morgan fingerprint density at radius 1 is 0.962 bits per heavy atom. The fourth-order valence-corrected chi connectivity index (χ4v) is 4.55. The van der Waals surface area contributed by atoms with Gasteiger partial charge in [-0.15, -0.1) is 0 Å². The first-order chi connectivity index (χ1) is 12.6. The average Bonchev–Trinajstić information content (AvgIpc) is 3.26. The average molecular weight is 347 g/mol. The fourth-order valence-electron chi connectivity index (χ4n) is 4.55. The molecule has 6 heteroatoms. The van der Waals surface area contributed by atoms with Crippen LogP contribution in [0.25, 0.3) is 0 Å². The third kappa shape index (κ3) is 1.82. The number of nitrogens with one attached hydrogen (secondary N) is 2. The molecule has 0 radical (unpaired) electrons. The number of rotatable bonds is 2. The molecule has 0 aliphatic carbocycles. The molecule has 1 spiro atoms. The molecule has 0 bridgehead atoms. The molecule has 130 valence electrons. The molecular formula is C20H17N3O3. The Bertz CT molecular complexity index is 942. The van der Waals surface area contributed by atoms with Gasteiger partial charge in [0.05, 0.1) is 18.4 Å². The summed E-state index contributed by atoms with van der Waals surface area (Å²) in [5.74, 6) is -1.95. The summed E-state index contributed by atoms with van der Waals surface area (Å²) in [5.41, 5.74) is 1.19. The molecule has 2 saturated heterocycles. The molecule has 26 heavy (non-hydrogen) atoms. The van der Waals surface area contributed by atoms with E-state index in [1.54, 1.807) is 0 Å². The minimum absolute atomic E-state index is 0.203. The number of fused-ring (bicyclic) bond motifs is 4. The second-order valence-electron chi connectivity index (χ2n) is 7.02. The number of carbonyl (C=O) groups excluding carboxylic acids is 3. The van der Waals surface area contributed by atoms with Crippen molar-refractivity contribution in [1.29, 1.82) is 0 Å². The predicted molar refractivity (Wildman–Crippen MR) is 93.7 cm³/mol. The largest absolute Gasteiger partial charge is 0.324 e. The zero-order chi connectivity index (χ0) is 17.9. The van der Waals surface area contributed by atoms with Gasteiger partial charge in [0.15, 0.2) is 0 Å². The lowest BCUT2D eigenvalue weighted by atomic mass is 9.77. The van der Waals surface area contributed by atoms with E-state index in [9.17, 15) is 14.4 Å². The topological polar surface area (TPSA) is 78.5 Å². The van der Waals surface area contributed by atoms with Gasteiger partial charge in [-0.3, -0.25) is 24.6 Å². The van der Waals surface area contributed by atoms with Crippen molar-refractivity contribution in [3.63, 3.8) is 0 Å². The van der Waals surface area contributed by atoms with Gasteiger partial charge < -0.3 is 5.32 Å². The van der Waals surface area contributed by atoms with E-state index in [-0.39, 0.29) is 24.3 Å². The molecule has 2 fully saturated rings. The summed E-state index contributed by atoms with van der Waals surface area (Å²) in [5, 5.41) is 6.06. The van der Waals surface area contributed by atoms with E-state index in [0.717, 1.165) is 11.1 Å². The Labute approximate surface area is 150 Å². The SMILES string of the molecule is O=C1[C@H]2CN[C@]3(C(=O)Nc4ccccc43)[C@@H]2C(=O)N1Cc1ccccc1. The zero-order valence-electron chi connectivity index (χ0n) is 13.9. The summed E-state index contributed by atoms with van der Waals surface area (Å²) in [4.78, 5) is 40.3. The second kappa shape index (κ2) is 5.25. The first-order valence-electron chi connectivity index (χ1n) is 8.68. The van der Waals surface area contributed by atoms with Crippen LogP contribution in [0.15, 0.2) is 54.6 Å². The molecular weight excluding hydrogens is 330 g/mol. The Balaban J connectivity index is 1.55. The van der Waals surface area contributed by atoms with Crippen LogP contribution < -0.4 is 10.6 Å². The molecule has 2 N–H and O–H groups in total. The molecule has 6 nitrogen and oxygen atoms in total. The summed E-state index contributed by atoms with van der Waals surface area (Å²) < 4.78 is 0. The van der Waals surface area contributed by atoms with Crippen molar-refractivity contribution in [1.82, 2.24) is 10.2 Å². The van der Waals surface area contributed by atoms with Crippen molar-refractivity contribution < 1.29 is 14.4 Å². The number of carbonyl (C=O) groups is 3. The van der Waals surface area contributed by atoms with Crippen LogP contribution in [0.5, 0.6) is 0 Å². The minimum Gasteiger partial charge on any atom is -0.324 e. The first kappa shape index (κ1) is 15.3. The fraction of sp³-hybridized carbons (Fsp3) is 0.250. The summed E-state index contributed by atoms with van der Waals surface area (Å²) in [6.45, 7) is 0.563. The Morgan fingerprint density at radius 2 is 1.69 bits per heavy atom. The Hall–Kier alpha value is -2.99.